The highest BCUT2D eigenvalue weighted by Gasteiger charge is 2.12. The van der Waals surface area contributed by atoms with Crippen molar-refractivity contribution in [2.75, 3.05) is 12.0 Å². The molecule has 0 atom stereocenters. The normalized spacial score (nSPS) is 11.2. The van der Waals surface area contributed by atoms with Crippen molar-refractivity contribution in [1.82, 2.24) is 15.5 Å². The lowest BCUT2D eigenvalue weighted by atomic mass is 10.2. The van der Waals surface area contributed by atoms with Crippen molar-refractivity contribution in [3.63, 3.8) is 0 Å². The van der Waals surface area contributed by atoms with Crippen LogP contribution in [0.4, 0.5) is 5.82 Å². The van der Waals surface area contributed by atoms with E-state index in [1.807, 2.05) is 0 Å². The molecule has 1 aromatic carbocycles. The molecule has 0 bridgehead atoms. The third-order valence-electron chi connectivity index (χ3n) is 2.72. The zero-order valence-electron chi connectivity index (χ0n) is 10.8. The number of nitrogen functional groups attached to an aromatic ring is 1. The second-order valence-electron chi connectivity index (χ2n) is 4.29. The minimum Gasteiger partial charge on any atom is -0.384 e. The van der Waals surface area contributed by atoms with Crippen molar-refractivity contribution in [1.29, 1.82) is 0 Å². The van der Waals surface area contributed by atoms with Gasteiger partial charge in [0, 0.05) is 23.9 Å². The molecule has 106 valence electrons. The Hall–Kier alpha value is -2.35. The predicted molar refractivity (Wildman–Crippen MR) is 73.7 cm³/mol. The number of H-pyrrole nitrogens is 1. The fraction of sp³-hybridized carbons (Fsp3) is 0.167. The summed E-state index contributed by atoms with van der Waals surface area (Å²) in [5.74, 6) is 0.00582. The van der Waals surface area contributed by atoms with Gasteiger partial charge in [-0.1, -0.05) is 6.07 Å². The molecule has 4 N–H and O–H groups in total. The second-order valence-corrected chi connectivity index (χ2v) is 6.31. The molecule has 0 spiro atoms. The largest absolute Gasteiger partial charge is 0.384 e. The Morgan fingerprint density at radius 1 is 1.45 bits per heavy atom. The van der Waals surface area contributed by atoms with Gasteiger partial charge in [-0.3, -0.25) is 9.89 Å². The summed E-state index contributed by atoms with van der Waals surface area (Å²) in [6.45, 7) is 0.213. The molecule has 1 heterocycles. The Morgan fingerprint density at radius 3 is 2.80 bits per heavy atom. The number of aromatic nitrogens is 2. The summed E-state index contributed by atoms with van der Waals surface area (Å²) in [5, 5.41) is 8.94. The van der Waals surface area contributed by atoms with Crippen LogP contribution in [0, 0.1) is 0 Å². The van der Waals surface area contributed by atoms with Gasteiger partial charge in [-0.2, -0.15) is 5.10 Å². The third-order valence-corrected chi connectivity index (χ3v) is 3.83. The molecule has 1 amide bonds. The molecule has 0 saturated carbocycles. The molecule has 0 aliphatic heterocycles. The maximum Gasteiger partial charge on any atom is 0.251 e. The molecule has 2 rings (SSSR count). The van der Waals surface area contributed by atoms with E-state index in [4.69, 9.17) is 5.73 Å². The van der Waals surface area contributed by atoms with Gasteiger partial charge in [-0.25, -0.2) is 8.42 Å². The summed E-state index contributed by atoms with van der Waals surface area (Å²) in [7, 11) is -3.34. The highest BCUT2D eigenvalue weighted by atomic mass is 32.2. The van der Waals surface area contributed by atoms with Crippen LogP contribution in [-0.2, 0) is 16.4 Å². The third kappa shape index (κ3) is 3.15. The zero-order chi connectivity index (χ0) is 14.8. The van der Waals surface area contributed by atoms with Gasteiger partial charge in [0.15, 0.2) is 9.84 Å². The zero-order valence-corrected chi connectivity index (χ0v) is 11.6. The van der Waals surface area contributed by atoms with Crippen LogP contribution in [-0.4, -0.2) is 30.8 Å². The Morgan fingerprint density at radius 2 is 2.20 bits per heavy atom. The van der Waals surface area contributed by atoms with Crippen LogP contribution in [0.2, 0.25) is 0 Å². The van der Waals surface area contributed by atoms with Crippen molar-refractivity contribution >= 4 is 21.6 Å². The topological polar surface area (TPSA) is 118 Å². The molecule has 8 heteroatoms. The second kappa shape index (κ2) is 5.33. The van der Waals surface area contributed by atoms with Crippen LogP contribution in [0.25, 0.3) is 0 Å². The molecule has 1 aromatic heterocycles. The molecule has 2 aromatic rings. The maximum absolute atomic E-state index is 12.0. The number of aromatic amines is 1. The Balaban J connectivity index is 2.12. The van der Waals surface area contributed by atoms with E-state index < -0.39 is 9.84 Å². The minimum atomic E-state index is -3.34. The number of carbonyl (C=O) groups is 1. The summed E-state index contributed by atoms with van der Waals surface area (Å²) in [5.41, 5.74) is 6.54. The van der Waals surface area contributed by atoms with E-state index in [1.165, 1.54) is 24.4 Å². The summed E-state index contributed by atoms with van der Waals surface area (Å²) in [4.78, 5) is 12.1. The fourth-order valence-electron chi connectivity index (χ4n) is 1.61. The molecule has 7 nitrogen and oxygen atoms in total. The Kier molecular flexibility index (Phi) is 3.75. The van der Waals surface area contributed by atoms with Crippen molar-refractivity contribution in [2.45, 2.75) is 11.4 Å². The van der Waals surface area contributed by atoms with Gasteiger partial charge in [-0.05, 0) is 18.2 Å². The van der Waals surface area contributed by atoms with Crippen LogP contribution in [0.15, 0.2) is 35.4 Å². The lowest BCUT2D eigenvalue weighted by molar-refractivity contribution is 0.0951. The Labute approximate surface area is 116 Å². The van der Waals surface area contributed by atoms with Gasteiger partial charge in [0.1, 0.15) is 5.82 Å². The number of hydrogen-bond donors (Lipinski definition) is 3. The van der Waals surface area contributed by atoms with Crippen LogP contribution in [0.3, 0.4) is 0 Å². The molecule has 0 saturated heterocycles. The number of amides is 1. The van der Waals surface area contributed by atoms with Crippen LogP contribution in [0.5, 0.6) is 0 Å². The molecule has 0 radical (unpaired) electrons. The lowest BCUT2D eigenvalue weighted by Gasteiger charge is -2.06. The van der Waals surface area contributed by atoms with E-state index in [0.29, 0.717) is 11.4 Å². The minimum absolute atomic E-state index is 0.105. The van der Waals surface area contributed by atoms with Crippen LogP contribution < -0.4 is 11.1 Å². The van der Waals surface area contributed by atoms with Gasteiger partial charge in [0.2, 0.25) is 0 Å². The number of anilines is 1. The summed E-state index contributed by atoms with van der Waals surface area (Å²) in [6, 6.07) is 5.85. The molecule has 0 aliphatic rings. The van der Waals surface area contributed by atoms with Gasteiger partial charge in [0.25, 0.3) is 5.91 Å². The number of sulfone groups is 1. The molecular weight excluding hydrogens is 280 g/mol. The molecule has 0 unspecified atom stereocenters. The van der Waals surface area contributed by atoms with E-state index >= 15 is 0 Å². The first-order valence-electron chi connectivity index (χ1n) is 5.74. The quantitative estimate of drug-likeness (QED) is 0.750. The average Bonchev–Trinajstić information content (AvgIpc) is 2.81. The lowest BCUT2D eigenvalue weighted by Crippen LogP contribution is -2.23. The van der Waals surface area contributed by atoms with Crippen LogP contribution >= 0.6 is 0 Å². The number of hydrogen-bond acceptors (Lipinski definition) is 5. The van der Waals surface area contributed by atoms with E-state index in [9.17, 15) is 13.2 Å². The number of benzene rings is 1. The molecule has 0 aliphatic carbocycles. The number of nitrogens with one attached hydrogen (secondary N) is 2. The van der Waals surface area contributed by atoms with Gasteiger partial charge < -0.3 is 11.1 Å². The van der Waals surface area contributed by atoms with E-state index in [0.717, 1.165) is 6.26 Å². The van der Waals surface area contributed by atoms with E-state index in [2.05, 4.69) is 15.5 Å². The summed E-state index contributed by atoms with van der Waals surface area (Å²) < 4.78 is 22.9. The van der Waals surface area contributed by atoms with Crippen molar-refractivity contribution in [3.8, 4) is 0 Å². The average molecular weight is 294 g/mol. The van der Waals surface area contributed by atoms with Crippen molar-refractivity contribution in [2.24, 2.45) is 0 Å². The fourth-order valence-corrected chi connectivity index (χ4v) is 2.27. The highest BCUT2D eigenvalue weighted by molar-refractivity contribution is 7.90. The van der Waals surface area contributed by atoms with Crippen LogP contribution in [0.1, 0.15) is 15.9 Å². The SMILES string of the molecule is CS(=O)(=O)c1cccc(C(=O)NCc2cn[nH]c2N)c1. The summed E-state index contributed by atoms with van der Waals surface area (Å²) >= 11 is 0. The number of carbonyl (C=O) groups excluding carboxylic acids is 1. The van der Waals surface area contributed by atoms with Gasteiger partial charge in [0.05, 0.1) is 11.1 Å². The molecular formula is C12H14N4O3S. The first kappa shape index (κ1) is 14.1. The smallest absolute Gasteiger partial charge is 0.251 e. The Bertz CT molecular complexity index is 737. The first-order chi connectivity index (χ1) is 9.38. The number of nitrogens with two attached hydrogens (primary N) is 1. The number of rotatable bonds is 4. The predicted octanol–water partition coefficient (Wildman–Crippen LogP) is 0.325. The monoisotopic (exact) mass is 294 g/mol. The van der Waals surface area contributed by atoms with Gasteiger partial charge in [-0.15, -0.1) is 0 Å². The summed E-state index contributed by atoms with van der Waals surface area (Å²) in [6.07, 6.45) is 2.61. The maximum atomic E-state index is 12.0. The van der Waals surface area contributed by atoms with E-state index in [1.54, 1.807) is 6.07 Å². The molecule has 20 heavy (non-hydrogen) atoms. The van der Waals surface area contributed by atoms with Crippen molar-refractivity contribution < 1.29 is 13.2 Å². The van der Waals surface area contributed by atoms with E-state index in [-0.39, 0.29) is 22.9 Å². The first-order valence-corrected chi connectivity index (χ1v) is 7.63. The standard InChI is InChI=1S/C12H14N4O3S/c1-20(18,19)10-4-2-3-8(5-10)12(17)14-6-9-7-15-16-11(9)13/h2-5,7H,6H2,1H3,(H,14,17)(H3,13,15,16). The number of nitrogens with zero attached hydrogens (tertiary/aromatic N) is 1. The molecule has 0 fully saturated rings. The van der Waals surface area contributed by atoms with Crippen molar-refractivity contribution in [3.05, 3.63) is 41.6 Å². The highest BCUT2D eigenvalue weighted by Crippen LogP contribution is 2.12. The van der Waals surface area contributed by atoms with Gasteiger partial charge >= 0.3 is 0 Å².